The van der Waals surface area contributed by atoms with Crippen LogP contribution in [0.1, 0.15) is 0 Å². The van der Waals surface area contributed by atoms with Crippen molar-refractivity contribution in [3.63, 3.8) is 0 Å². The molecule has 0 unspecified atom stereocenters. The lowest BCUT2D eigenvalue weighted by Gasteiger charge is -2.20. The molecule has 9 heteroatoms. The number of methoxy groups -OCH3 is 1. The second-order valence-corrected chi connectivity index (χ2v) is 7.21. The van der Waals surface area contributed by atoms with Gasteiger partial charge in [-0.3, -0.25) is 14.7 Å². The number of hydrogen-bond donors (Lipinski definition) is 1. The Morgan fingerprint density at radius 2 is 2.10 bits per heavy atom. The number of rotatable bonds is 6. The number of carbonyl (C=O) groups excluding carboxylic acids is 2. The van der Waals surface area contributed by atoms with Gasteiger partial charge in [0.15, 0.2) is 5.13 Å². The van der Waals surface area contributed by atoms with Crippen molar-refractivity contribution in [2.75, 3.05) is 37.0 Å². The van der Waals surface area contributed by atoms with Gasteiger partial charge in [0.1, 0.15) is 12.3 Å². The van der Waals surface area contributed by atoms with E-state index in [1.165, 1.54) is 16.2 Å². The minimum absolute atomic E-state index is 0.0354. The highest BCUT2D eigenvalue weighted by molar-refractivity contribution is 7.14. The standard InChI is InChI=1S/C20H19N5O3S/c1-28-17-7-3-2-6-16(17)25-10-9-24(20(25)27)12-18(26)23-19-22-15(13-29-19)14-5-4-8-21-11-14/h2-8,11,13H,9-10,12H2,1H3,(H,22,23,26). The first-order valence-electron chi connectivity index (χ1n) is 9.01. The number of para-hydroxylation sites is 2. The van der Waals surface area contributed by atoms with E-state index in [-0.39, 0.29) is 18.5 Å². The van der Waals surface area contributed by atoms with Gasteiger partial charge < -0.3 is 15.0 Å². The van der Waals surface area contributed by atoms with Crippen molar-refractivity contribution in [3.8, 4) is 17.0 Å². The Kier molecular flexibility index (Phi) is 5.39. The molecule has 3 amide bonds. The first kappa shape index (κ1) is 18.9. The molecule has 4 rings (SSSR count). The molecular weight excluding hydrogens is 390 g/mol. The molecule has 0 aliphatic carbocycles. The van der Waals surface area contributed by atoms with Gasteiger partial charge in [0.2, 0.25) is 5.91 Å². The molecule has 3 aromatic rings. The Balaban J connectivity index is 1.38. The second-order valence-electron chi connectivity index (χ2n) is 6.36. The molecule has 1 fully saturated rings. The van der Waals surface area contributed by atoms with E-state index in [9.17, 15) is 9.59 Å². The summed E-state index contributed by atoms with van der Waals surface area (Å²) in [4.78, 5) is 36.8. The summed E-state index contributed by atoms with van der Waals surface area (Å²) < 4.78 is 5.34. The molecule has 1 saturated heterocycles. The number of anilines is 2. The van der Waals surface area contributed by atoms with E-state index in [1.807, 2.05) is 35.7 Å². The number of urea groups is 1. The van der Waals surface area contributed by atoms with Gasteiger partial charge in [0.25, 0.3) is 0 Å². The maximum absolute atomic E-state index is 12.7. The van der Waals surface area contributed by atoms with Crippen LogP contribution in [-0.4, -0.2) is 53.6 Å². The highest BCUT2D eigenvalue weighted by Crippen LogP contribution is 2.30. The fourth-order valence-corrected chi connectivity index (χ4v) is 3.85. The summed E-state index contributed by atoms with van der Waals surface area (Å²) in [7, 11) is 1.57. The predicted molar refractivity (Wildman–Crippen MR) is 111 cm³/mol. The first-order chi connectivity index (χ1) is 14.2. The van der Waals surface area contributed by atoms with Crippen molar-refractivity contribution in [3.05, 3.63) is 54.2 Å². The van der Waals surface area contributed by atoms with Gasteiger partial charge >= 0.3 is 6.03 Å². The molecule has 1 aliphatic heterocycles. The van der Waals surface area contributed by atoms with Crippen LogP contribution in [0.2, 0.25) is 0 Å². The van der Waals surface area contributed by atoms with E-state index in [4.69, 9.17) is 4.74 Å². The molecule has 0 atom stereocenters. The molecule has 1 aromatic carbocycles. The SMILES string of the molecule is COc1ccccc1N1CCN(CC(=O)Nc2nc(-c3cccnc3)cs2)C1=O. The fraction of sp³-hybridized carbons (Fsp3) is 0.200. The van der Waals surface area contributed by atoms with Crippen LogP contribution in [0.3, 0.4) is 0 Å². The minimum atomic E-state index is -0.285. The Labute approximate surface area is 171 Å². The third kappa shape index (κ3) is 4.04. The maximum Gasteiger partial charge on any atom is 0.325 e. The molecule has 3 heterocycles. The van der Waals surface area contributed by atoms with Crippen LogP contribution >= 0.6 is 11.3 Å². The third-order valence-electron chi connectivity index (χ3n) is 4.51. The summed E-state index contributed by atoms with van der Waals surface area (Å²) in [5.74, 6) is 0.338. The number of nitrogens with one attached hydrogen (secondary N) is 1. The topological polar surface area (TPSA) is 87.7 Å². The largest absolute Gasteiger partial charge is 0.495 e. The van der Waals surface area contributed by atoms with Crippen LogP contribution in [-0.2, 0) is 4.79 Å². The van der Waals surface area contributed by atoms with Gasteiger partial charge in [0, 0.05) is 36.4 Å². The van der Waals surface area contributed by atoms with Crippen LogP contribution in [0, 0.1) is 0 Å². The molecule has 1 N–H and O–H groups in total. The smallest absolute Gasteiger partial charge is 0.325 e. The van der Waals surface area contributed by atoms with Crippen LogP contribution < -0.4 is 15.0 Å². The number of ether oxygens (including phenoxy) is 1. The van der Waals surface area contributed by atoms with E-state index in [0.717, 1.165) is 11.3 Å². The van der Waals surface area contributed by atoms with Crippen LogP contribution in [0.4, 0.5) is 15.6 Å². The van der Waals surface area contributed by atoms with Gasteiger partial charge in [-0.2, -0.15) is 0 Å². The van der Waals surface area contributed by atoms with Gasteiger partial charge in [-0.25, -0.2) is 9.78 Å². The van der Waals surface area contributed by atoms with Crippen LogP contribution in [0.15, 0.2) is 54.2 Å². The third-order valence-corrected chi connectivity index (χ3v) is 5.27. The molecule has 0 bridgehead atoms. The summed E-state index contributed by atoms with van der Waals surface area (Å²) in [5, 5.41) is 5.11. The van der Waals surface area contributed by atoms with Crippen LogP contribution in [0.5, 0.6) is 5.75 Å². The molecule has 0 saturated carbocycles. The van der Waals surface area contributed by atoms with E-state index < -0.39 is 0 Å². The van der Waals surface area contributed by atoms with Crippen molar-refractivity contribution in [2.45, 2.75) is 0 Å². The molecule has 148 valence electrons. The van der Waals surface area contributed by atoms with Crippen molar-refractivity contribution >= 4 is 34.1 Å². The normalized spacial score (nSPS) is 13.6. The van der Waals surface area contributed by atoms with E-state index >= 15 is 0 Å². The summed E-state index contributed by atoms with van der Waals surface area (Å²) in [6.07, 6.45) is 3.41. The van der Waals surface area contributed by atoms with Gasteiger partial charge in [0.05, 0.1) is 18.5 Å². The molecule has 2 aromatic heterocycles. The lowest BCUT2D eigenvalue weighted by Crippen LogP contribution is -2.37. The summed E-state index contributed by atoms with van der Waals surface area (Å²) in [5.41, 5.74) is 2.33. The molecular formula is C20H19N5O3S. The van der Waals surface area contributed by atoms with Gasteiger partial charge in [-0.05, 0) is 24.3 Å². The molecule has 0 radical (unpaired) electrons. The highest BCUT2D eigenvalue weighted by atomic mass is 32.1. The number of thiazole rings is 1. The molecule has 29 heavy (non-hydrogen) atoms. The summed E-state index contributed by atoms with van der Waals surface area (Å²) in [6, 6.07) is 10.9. The Hall–Kier alpha value is -3.46. The maximum atomic E-state index is 12.7. The zero-order valence-corrected chi connectivity index (χ0v) is 16.6. The number of amides is 3. The summed E-state index contributed by atoms with van der Waals surface area (Å²) >= 11 is 1.33. The fourth-order valence-electron chi connectivity index (χ4n) is 3.12. The van der Waals surface area contributed by atoms with E-state index in [1.54, 1.807) is 30.5 Å². The Bertz CT molecular complexity index is 1020. The average Bonchev–Trinajstić information content (AvgIpc) is 3.36. The van der Waals surface area contributed by atoms with Crippen molar-refractivity contribution < 1.29 is 14.3 Å². The minimum Gasteiger partial charge on any atom is -0.495 e. The average molecular weight is 409 g/mol. The van der Waals surface area contributed by atoms with Crippen molar-refractivity contribution in [1.82, 2.24) is 14.9 Å². The molecule has 1 aliphatic rings. The predicted octanol–water partition coefficient (Wildman–Crippen LogP) is 3.09. The van der Waals surface area contributed by atoms with Gasteiger partial charge in [-0.1, -0.05) is 12.1 Å². The number of nitrogens with zero attached hydrogens (tertiary/aromatic N) is 4. The number of aromatic nitrogens is 2. The lowest BCUT2D eigenvalue weighted by molar-refractivity contribution is -0.116. The van der Waals surface area contributed by atoms with Crippen LogP contribution in [0.25, 0.3) is 11.3 Å². The lowest BCUT2D eigenvalue weighted by atomic mass is 10.2. The Morgan fingerprint density at radius 1 is 1.24 bits per heavy atom. The monoisotopic (exact) mass is 409 g/mol. The number of benzene rings is 1. The van der Waals surface area contributed by atoms with E-state index in [0.29, 0.717) is 29.7 Å². The summed E-state index contributed by atoms with van der Waals surface area (Å²) in [6.45, 7) is 0.921. The second kappa shape index (κ2) is 8.27. The first-order valence-corrected chi connectivity index (χ1v) is 9.89. The zero-order valence-electron chi connectivity index (χ0n) is 15.7. The Morgan fingerprint density at radius 3 is 2.90 bits per heavy atom. The highest BCUT2D eigenvalue weighted by Gasteiger charge is 2.32. The number of pyridine rings is 1. The van der Waals surface area contributed by atoms with Crippen molar-refractivity contribution in [1.29, 1.82) is 0 Å². The molecule has 0 spiro atoms. The van der Waals surface area contributed by atoms with Gasteiger partial charge in [-0.15, -0.1) is 11.3 Å². The number of carbonyl (C=O) groups is 2. The molecule has 8 nitrogen and oxygen atoms in total. The zero-order chi connectivity index (χ0) is 20.2. The van der Waals surface area contributed by atoms with E-state index in [2.05, 4.69) is 15.3 Å². The number of hydrogen-bond acceptors (Lipinski definition) is 6. The quantitative estimate of drug-likeness (QED) is 0.676. The van der Waals surface area contributed by atoms with Crippen molar-refractivity contribution in [2.24, 2.45) is 0 Å².